The molecule has 19 heavy (non-hydrogen) atoms. The van der Waals surface area contributed by atoms with Crippen molar-refractivity contribution in [1.82, 2.24) is 0 Å². The first-order valence-corrected chi connectivity index (χ1v) is 7.10. The predicted molar refractivity (Wildman–Crippen MR) is 82.7 cm³/mol. The van der Waals surface area contributed by atoms with Crippen LogP contribution in [-0.4, -0.2) is 0 Å². The van der Waals surface area contributed by atoms with E-state index < -0.39 is 0 Å². The Labute approximate surface area is 120 Å². The maximum Gasteiger partial charge on any atom is 0.0554 e. The first-order chi connectivity index (χ1) is 9.11. The van der Waals surface area contributed by atoms with Gasteiger partial charge in [-0.05, 0) is 47.7 Å². The second kappa shape index (κ2) is 6.23. The highest BCUT2D eigenvalue weighted by Gasteiger charge is 2.11. The Morgan fingerprint density at radius 1 is 1.11 bits per heavy atom. The van der Waals surface area contributed by atoms with Crippen molar-refractivity contribution in [3.8, 4) is 0 Å². The highest BCUT2D eigenvalue weighted by atomic mass is 35.5. The number of hydrogen-bond acceptors (Lipinski definition) is 1. The number of hydrogen-bond donors (Lipinski definition) is 1. The highest BCUT2D eigenvalue weighted by molar-refractivity contribution is 6.30. The molecule has 0 aliphatic carbocycles. The van der Waals surface area contributed by atoms with Crippen LogP contribution >= 0.6 is 11.6 Å². The lowest BCUT2D eigenvalue weighted by molar-refractivity contribution is 0.856. The Morgan fingerprint density at radius 3 is 2.42 bits per heavy atom. The second-order valence-corrected chi connectivity index (χ2v) is 5.41. The van der Waals surface area contributed by atoms with Crippen LogP contribution in [0.1, 0.15) is 41.6 Å². The van der Waals surface area contributed by atoms with Gasteiger partial charge < -0.3 is 5.73 Å². The first-order valence-electron chi connectivity index (χ1n) is 6.72. The number of halogens is 1. The summed E-state index contributed by atoms with van der Waals surface area (Å²) in [7, 11) is 0. The zero-order chi connectivity index (χ0) is 13.8. The zero-order valence-corrected chi connectivity index (χ0v) is 12.2. The molecule has 0 aliphatic heterocycles. The van der Waals surface area contributed by atoms with Gasteiger partial charge in [0.2, 0.25) is 0 Å². The van der Waals surface area contributed by atoms with Gasteiger partial charge >= 0.3 is 0 Å². The summed E-state index contributed by atoms with van der Waals surface area (Å²) < 4.78 is 0. The third-order valence-corrected chi connectivity index (χ3v) is 3.69. The van der Waals surface area contributed by atoms with Crippen molar-refractivity contribution < 1.29 is 0 Å². The monoisotopic (exact) mass is 273 g/mol. The summed E-state index contributed by atoms with van der Waals surface area (Å²) in [4.78, 5) is 0. The average molecular weight is 274 g/mol. The summed E-state index contributed by atoms with van der Waals surface area (Å²) in [6.45, 7) is 4.26. The third-order valence-electron chi connectivity index (χ3n) is 3.45. The van der Waals surface area contributed by atoms with Gasteiger partial charge in [0.05, 0.1) is 6.04 Å². The molecule has 0 aliphatic rings. The molecule has 0 saturated heterocycles. The summed E-state index contributed by atoms with van der Waals surface area (Å²) in [5.41, 5.74) is 11.1. The quantitative estimate of drug-likeness (QED) is 0.862. The standard InChI is InChI=1S/C17H20ClN/c1-3-4-13-6-8-14(9-7-13)17(19)16-11-15(18)10-5-12(16)2/h5-11,17H,3-4,19H2,1-2H3. The lowest BCUT2D eigenvalue weighted by Crippen LogP contribution is -2.13. The van der Waals surface area contributed by atoms with Crippen molar-refractivity contribution in [2.75, 3.05) is 0 Å². The van der Waals surface area contributed by atoms with Gasteiger partial charge in [0, 0.05) is 5.02 Å². The lowest BCUT2D eigenvalue weighted by atomic mass is 9.95. The van der Waals surface area contributed by atoms with Gasteiger partial charge in [-0.2, -0.15) is 0 Å². The highest BCUT2D eigenvalue weighted by Crippen LogP contribution is 2.25. The third kappa shape index (κ3) is 3.37. The van der Waals surface area contributed by atoms with Crippen LogP contribution in [0.15, 0.2) is 42.5 Å². The lowest BCUT2D eigenvalue weighted by Gasteiger charge is -2.16. The van der Waals surface area contributed by atoms with Crippen molar-refractivity contribution in [1.29, 1.82) is 0 Å². The van der Waals surface area contributed by atoms with Crippen molar-refractivity contribution in [3.05, 3.63) is 69.7 Å². The smallest absolute Gasteiger partial charge is 0.0554 e. The minimum Gasteiger partial charge on any atom is -0.320 e. The van der Waals surface area contributed by atoms with Gasteiger partial charge in [-0.15, -0.1) is 0 Å². The Kier molecular flexibility index (Phi) is 4.62. The molecular weight excluding hydrogens is 254 g/mol. The summed E-state index contributed by atoms with van der Waals surface area (Å²) in [6, 6.07) is 14.3. The normalized spacial score (nSPS) is 12.4. The van der Waals surface area contributed by atoms with E-state index in [-0.39, 0.29) is 6.04 Å². The molecule has 0 fully saturated rings. The zero-order valence-electron chi connectivity index (χ0n) is 11.5. The molecule has 1 unspecified atom stereocenters. The Balaban J connectivity index is 2.27. The second-order valence-electron chi connectivity index (χ2n) is 4.97. The van der Waals surface area contributed by atoms with Crippen LogP contribution in [-0.2, 0) is 6.42 Å². The molecule has 0 amide bonds. The summed E-state index contributed by atoms with van der Waals surface area (Å²) in [5, 5.41) is 0.735. The van der Waals surface area contributed by atoms with Gasteiger partial charge in [-0.3, -0.25) is 0 Å². The van der Waals surface area contributed by atoms with Gasteiger partial charge in [-0.1, -0.05) is 55.3 Å². The van der Waals surface area contributed by atoms with E-state index in [2.05, 4.69) is 38.1 Å². The van der Waals surface area contributed by atoms with E-state index in [1.54, 1.807) is 0 Å². The summed E-state index contributed by atoms with van der Waals surface area (Å²) in [5.74, 6) is 0. The van der Waals surface area contributed by atoms with Gasteiger partial charge in [0.25, 0.3) is 0 Å². The molecule has 2 rings (SSSR count). The largest absolute Gasteiger partial charge is 0.320 e. The van der Waals surface area contributed by atoms with Crippen LogP contribution in [0, 0.1) is 6.92 Å². The minimum atomic E-state index is -0.116. The van der Waals surface area contributed by atoms with E-state index in [4.69, 9.17) is 17.3 Å². The molecule has 0 bridgehead atoms. The Hall–Kier alpha value is -1.31. The van der Waals surface area contributed by atoms with E-state index in [0.717, 1.165) is 22.6 Å². The van der Waals surface area contributed by atoms with E-state index in [1.165, 1.54) is 17.5 Å². The van der Waals surface area contributed by atoms with E-state index in [1.807, 2.05) is 18.2 Å². The fourth-order valence-corrected chi connectivity index (χ4v) is 2.49. The van der Waals surface area contributed by atoms with Crippen LogP contribution < -0.4 is 5.73 Å². The average Bonchev–Trinajstić information content (AvgIpc) is 2.42. The molecule has 2 N–H and O–H groups in total. The summed E-state index contributed by atoms with van der Waals surface area (Å²) in [6.07, 6.45) is 2.28. The Bertz CT molecular complexity index is 546. The maximum atomic E-state index is 6.35. The van der Waals surface area contributed by atoms with Gasteiger partial charge in [0.1, 0.15) is 0 Å². The van der Waals surface area contributed by atoms with Crippen molar-refractivity contribution >= 4 is 11.6 Å². The van der Waals surface area contributed by atoms with E-state index in [0.29, 0.717) is 0 Å². The molecule has 0 spiro atoms. The van der Waals surface area contributed by atoms with Crippen molar-refractivity contribution in [2.24, 2.45) is 5.73 Å². The van der Waals surface area contributed by atoms with E-state index in [9.17, 15) is 0 Å². The minimum absolute atomic E-state index is 0.116. The molecule has 2 heteroatoms. The molecule has 1 atom stereocenters. The molecule has 1 nitrogen and oxygen atoms in total. The molecule has 2 aromatic rings. The molecule has 0 saturated carbocycles. The van der Waals surface area contributed by atoms with Crippen LogP contribution in [0.2, 0.25) is 5.02 Å². The van der Waals surface area contributed by atoms with Crippen LogP contribution in [0.25, 0.3) is 0 Å². The number of rotatable bonds is 4. The summed E-state index contributed by atoms with van der Waals surface area (Å²) >= 11 is 6.06. The van der Waals surface area contributed by atoms with Crippen LogP contribution in [0.3, 0.4) is 0 Å². The van der Waals surface area contributed by atoms with Gasteiger partial charge in [0.15, 0.2) is 0 Å². The SMILES string of the molecule is CCCc1ccc(C(N)c2cc(Cl)ccc2C)cc1. The topological polar surface area (TPSA) is 26.0 Å². The molecule has 0 radical (unpaired) electrons. The molecule has 0 aromatic heterocycles. The molecule has 0 heterocycles. The fourth-order valence-electron chi connectivity index (χ4n) is 2.31. The number of nitrogens with two attached hydrogens (primary N) is 1. The predicted octanol–water partition coefficient (Wildman–Crippen LogP) is 4.65. The molecule has 2 aromatic carbocycles. The Morgan fingerprint density at radius 2 is 1.79 bits per heavy atom. The van der Waals surface area contributed by atoms with Crippen LogP contribution in [0.4, 0.5) is 0 Å². The number of aryl methyl sites for hydroxylation is 2. The fraction of sp³-hybridized carbons (Fsp3) is 0.294. The van der Waals surface area contributed by atoms with Gasteiger partial charge in [-0.25, -0.2) is 0 Å². The molecular formula is C17H20ClN. The molecule has 100 valence electrons. The first kappa shape index (κ1) is 14.1. The van der Waals surface area contributed by atoms with Crippen LogP contribution in [0.5, 0.6) is 0 Å². The van der Waals surface area contributed by atoms with E-state index >= 15 is 0 Å². The number of benzene rings is 2. The maximum absolute atomic E-state index is 6.35. The van der Waals surface area contributed by atoms with Crippen molar-refractivity contribution in [3.63, 3.8) is 0 Å². The van der Waals surface area contributed by atoms with Crippen molar-refractivity contribution in [2.45, 2.75) is 32.7 Å².